The van der Waals surface area contributed by atoms with E-state index in [-0.39, 0.29) is 16.9 Å². The molecule has 1 unspecified atom stereocenters. The Bertz CT molecular complexity index is 660. The number of fused-ring (bicyclic) bond motifs is 1. The molecule has 0 spiro atoms. The molecule has 1 atom stereocenters. The van der Waals surface area contributed by atoms with Crippen LogP contribution in [0, 0.1) is 6.57 Å². The van der Waals surface area contributed by atoms with Gasteiger partial charge in [-0.15, -0.1) is 0 Å². The number of aromatic amines is 1. The van der Waals surface area contributed by atoms with Gasteiger partial charge in [0.15, 0.2) is 5.65 Å². The third-order valence-corrected chi connectivity index (χ3v) is 2.64. The second kappa shape index (κ2) is 4.03. The zero-order valence-corrected chi connectivity index (χ0v) is 9.56. The van der Waals surface area contributed by atoms with Gasteiger partial charge < -0.3 is 10.2 Å². The highest BCUT2D eigenvalue weighted by molar-refractivity contribution is 5.67. The van der Waals surface area contributed by atoms with E-state index in [1.165, 1.54) is 10.7 Å². The van der Waals surface area contributed by atoms with Gasteiger partial charge in [0.2, 0.25) is 5.69 Å². The monoisotopic (exact) mass is 232 g/mol. The van der Waals surface area contributed by atoms with E-state index in [1.54, 1.807) is 6.92 Å². The molecule has 0 aliphatic rings. The van der Waals surface area contributed by atoms with Crippen molar-refractivity contribution in [3.8, 4) is 0 Å². The number of H-pyrrole nitrogens is 1. The first-order valence-corrected chi connectivity index (χ1v) is 5.28. The van der Waals surface area contributed by atoms with Gasteiger partial charge >= 0.3 is 0 Å². The second-order valence-corrected chi connectivity index (χ2v) is 3.74. The summed E-state index contributed by atoms with van der Waals surface area (Å²) in [5.74, 6) is 0. The molecule has 0 fully saturated rings. The van der Waals surface area contributed by atoms with Crippen LogP contribution >= 0.6 is 0 Å². The zero-order valence-electron chi connectivity index (χ0n) is 9.56. The van der Waals surface area contributed by atoms with E-state index in [1.807, 2.05) is 6.92 Å². The van der Waals surface area contributed by atoms with Crippen molar-refractivity contribution in [2.45, 2.75) is 26.4 Å². The van der Waals surface area contributed by atoms with Crippen molar-refractivity contribution in [2.75, 3.05) is 0 Å². The van der Waals surface area contributed by atoms with Crippen LogP contribution in [0.5, 0.6) is 0 Å². The number of aliphatic hydroxyl groups excluding tert-OH is 1. The fraction of sp³-hybridized carbons (Fsp3) is 0.364. The number of nitrogens with one attached hydrogen (secondary N) is 1. The maximum atomic E-state index is 12.1. The van der Waals surface area contributed by atoms with Gasteiger partial charge in [0.05, 0.1) is 18.4 Å². The molecule has 0 saturated heterocycles. The van der Waals surface area contributed by atoms with Crippen molar-refractivity contribution in [3.63, 3.8) is 0 Å². The predicted molar refractivity (Wildman–Crippen MR) is 62.1 cm³/mol. The van der Waals surface area contributed by atoms with Crippen molar-refractivity contribution >= 4 is 11.3 Å². The van der Waals surface area contributed by atoms with Crippen molar-refractivity contribution in [1.29, 1.82) is 0 Å². The predicted octanol–water partition coefficient (Wildman–Crippen LogP) is 1.19. The maximum absolute atomic E-state index is 12.1. The van der Waals surface area contributed by atoms with Crippen LogP contribution in [0.25, 0.3) is 10.5 Å². The van der Waals surface area contributed by atoms with Gasteiger partial charge in [0, 0.05) is 11.8 Å². The Hall–Kier alpha value is -2.13. The highest BCUT2D eigenvalue weighted by Crippen LogP contribution is 2.20. The molecule has 2 heterocycles. The van der Waals surface area contributed by atoms with E-state index in [4.69, 9.17) is 6.57 Å². The number of nitrogens with zero attached hydrogens (tertiary/aromatic N) is 3. The average molecular weight is 232 g/mol. The summed E-state index contributed by atoms with van der Waals surface area (Å²) in [6.07, 6.45) is 1.10. The van der Waals surface area contributed by atoms with E-state index >= 15 is 0 Å². The van der Waals surface area contributed by atoms with Crippen LogP contribution < -0.4 is 5.56 Å². The van der Waals surface area contributed by atoms with Gasteiger partial charge in [-0.05, 0) is 13.3 Å². The fourth-order valence-corrected chi connectivity index (χ4v) is 1.81. The average Bonchev–Trinajstić information content (AvgIpc) is 2.71. The lowest BCUT2D eigenvalue weighted by atomic mass is 10.1. The van der Waals surface area contributed by atoms with Crippen LogP contribution in [0.4, 0.5) is 5.69 Å². The Labute approximate surface area is 97.3 Å². The molecule has 2 aromatic heterocycles. The minimum absolute atomic E-state index is 0.261. The first kappa shape index (κ1) is 11.4. The zero-order chi connectivity index (χ0) is 12.6. The van der Waals surface area contributed by atoms with Crippen molar-refractivity contribution in [3.05, 3.63) is 39.2 Å². The lowest BCUT2D eigenvalue weighted by Gasteiger charge is -2.09. The van der Waals surface area contributed by atoms with E-state index in [9.17, 15) is 9.90 Å². The quantitative estimate of drug-likeness (QED) is 0.764. The minimum atomic E-state index is -0.823. The maximum Gasteiger partial charge on any atom is 0.274 e. The topological polar surface area (TPSA) is 74.8 Å². The SMILES string of the molecule is [C-]#[N+]c1c[nH]n2c(=O)c(CC)c(C(C)O)nc12. The van der Waals surface area contributed by atoms with Gasteiger partial charge in [-0.1, -0.05) is 6.92 Å². The molecule has 2 aromatic rings. The third kappa shape index (κ3) is 1.61. The molecular weight excluding hydrogens is 220 g/mol. The normalized spacial score (nSPS) is 12.6. The Morgan fingerprint density at radius 1 is 1.71 bits per heavy atom. The van der Waals surface area contributed by atoms with Crippen LogP contribution in [0.2, 0.25) is 0 Å². The Kier molecular flexibility index (Phi) is 2.69. The third-order valence-electron chi connectivity index (χ3n) is 2.64. The van der Waals surface area contributed by atoms with Gasteiger partial charge in [-0.2, -0.15) is 0 Å². The van der Waals surface area contributed by atoms with Gasteiger partial charge in [-0.25, -0.2) is 14.3 Å². The molecule has 0 saturated carbocycles. The van der Waals surface area contributed by atoms with E-state index in [0.717, 1.165) is 0 Å². The molecule has 0 aliphatic heterocycles. The molecule has 2 rings (SSSR count). The first-order valence-electron chi connectivity index (χ1n) is 5.28. The molecule has 0 bridgehead atoms. The number of aromatic nitrogens is 3. The van der Waals surface area contributed by atoms with Gasteiger partial charge in [0.1, 0.15) is 0 Å². The summed E-state index contributed by atoms with van der Waals surface area (Å²) in [6.45, 7) is 10.4. The number of hydrogen-bond donors (Lipinski definition) is 2. The van der Waals surface area contributed by atoms with Crippen molar-refractivity contribution < 1.29 is 5.11 Å². The van der Waals surface area contributed by atoms with Crippen LogP contribution in [0.1, 0.15) is 31.2 Å². The van der Waals surface area contributed by atoms with Gasteiger partial charge in [0.25, 0.3) is 5.56 Å². The van der Waals surface area contributed by atoms with Crippen molar-refractivity contribution in [2.24, 2.45) is 0 Å². The second-order valence-electron chi connectivity index (χ2n) is 3.74. The van der Waals surface area contributed by atoms with Gasteiger partial charge in [-0.3, -0.25) is 4.79 Å². The smallest absolute Gasteiger partial charge is 0.274 e. The molecule has 0 amide bonds. The van der Waals surface area contributed by atoms with Crippen LogP contribution in [-0.4, -0.2) is 19.7 Å². The molecule has 88 valence electrons. The minimum Gasteiger partial charge on any atom is -0.387 e. The molecule has 2 N–H and O–H groups in total. The number of rotatable bonds is 2. The molecule has 0 radical (unpaired) electrons. The number of hydrogen-bond acceptors (Lipinski definition) is 3. The summed E-state index contributed by atoms with van der Waals surface area (Å²) < 4.78 is 1.23. The fourth-order valence-electron chi connectivity index (χ4n) is 1.81. The van der Waals surface area contributed by atoms with Crippen molar-refractivity contribution in [1.82, 2.24) is 14.6 Å². The Morgan fingerprint density at radius 3 is 2.94 bits per heavy atom. The Morgan fingerprint density at radius 2 is 2.41 bits per heavy atom. The molecule has 0 aromatic carbocycles. The van der Waals surface area contributed by atoms with E-state index in [0.29, 0.717) is 17.7 Å². The standard InChI is InChI=1S/C11H12N4O2/c1-4-7-9(6(2)16)14-10-8(12-3)5-13-15(10)11(7)17/h5-6,13,16H,4H2,1-2H3. The summed E-state index contributed by atoms with van der Waals surface area (Å²) in [6, 6.07) is 0. The van der Waals surface area contributed by atoms with E-state index < -0.39 is 6.10 Å². The summed E-state index contributed by atoms with van der Waals surface area (Å²) >= 11 is 0. The highest BCUT2D eigenvalue weighted by atomic mass is 16.3. The first-order chi connectivity index (χ1) is 8.10. The lowest BCUT2D eigenvalue weighted by Crippen LogP contribution is -2.23. The summed E-state index contributed by atoms with van der Waals surface area (Å²) in [7, 11) is 0. The van der Waals surface area contributed by atoms with Crippen LogP contribution in [0.15, 0.2) is 11.0 Å². The van der Waals surface area contributed by atoms with E-state index in [2.05, 4.69) is 14.9 Å². The van der Waals surface area contributed by atoms with Crippen LogP contribution in [-0.2, 0) is 6.42 Å². The molecule has 17 heavy (non-hydrogen) atoms. The molecule has 6 nitrogen and oxygen atoms in total. The highest BCUT2D eigenvalue weighted by Gasteiger charge is 2.17. The molecular formula is C11H12N4O2. The number of aliphatic hydroxyl groups is 1. The Balaban J connectivity index is 2.91. The lowest BCUT2D eigenvalue weighted by molar-refractivity contribution is 0.193. The molecule has 6 heteroatoms. The largest absolute Gasteiger partial charge is 0.387 e. The summed E-state index contributed by atoms with van der Waals surface area (Å²) in [5.41, 5.74) is 1.09. The molecule has 0 aliphatic carbocycles. The summed E-state index contributed by atoms with van der Waals surface area (Å²) in [4.78, 5) is 19.6. The van der Waals surface area contributed by atoms with Crippen LogP contribution in [0.3, 0.4) is 0 Å². The summed E-state index contributed by atoms with van der Waals surface area (Å²) in [5, 5.41) is 12.3.